The number of aliphatic imine (C=N–C) groups is 1. The molecule has 0 aliphatic carbocycles. The van der Waals surface area contributed by atoms with E-state index in [1.165, 1.54) is 0 Å². The Morgan fingerprint density at radius 3 is 2.58 bits per heavy atom. The normalized spacial score (nSPS) is 12.8. The molecular formula is C18H26N4OS. The summed E-state index contributed by atoms with van der Waals surface area (Å²) in [5, 5.41) is 6.52. The van der Waals surface area contributed by atoms with Crippen LogP contribution < -0.4 is 10.6 Å². The predicted molar refractivity (Wildman–Crippen MR) is 102 cm³/mol. The Hall–Kier alpha value is -2.08. The van der Waals surface area contributed by atoms with E-state index in [2.05, 4.69) is 20.2 Å². The molecule has 0 bridgehead atoms. The number of nitrogens with zero attached hydrogens (tertiary/aromatic N) is 2. The zero-order valence-electron chi connectivity index (χ0n) is 14.1. The third kappa shape index (κ3) is 7.00. The van der Waals surface area contributed by atoms with Gasteiger partial charge in [0.1, 0.15) is 0 Å². The summed E-state index contributed by atoms with van der Waals surface area (Å²) < 4.78 is 14.2. The van der Waals surface area contributed by atoms with Crippen molar-refractivity contribution < 1.29 is 4.21 Å². The smallest absolute Gasteiger partial charge is 0.191 e. The Morgan fingerprint density at radius 1 is 1.12 bits per heavy atom. The van der Waals surface area contributed by atoms with Crippen LogP contribution in [0.3, 0.4) is 0 Å². The molecule has 5 nitrogen and oxygen atoms in total. The maximum absolute atomic E-state index is 12.1. The fraction of sp³-hybridized carbons (Fsp3) is 0.389. The highest BCUT2D eigenvalue weighted by molar-refractivity contribution is 7.84. The maximum atomic E-state index is 12.1. The molecule has 1 atom stereocenters. The van der Waals surface area contributed by atoms with Crippen molar-refractivity contribution in [2.75, 3.05) is 25.4 Å². The Balaban J connectivity index is 1.72. The van der Waals surface area contributed by atoms with Gasteiger partial charge in [-0.1, -0.05) is 30.3 Å². The van der Waals surface area contributed by atoms with Gasteiger partial charge in [0.2, 0.25) is 0 Å². The number of hydrogen-bond acceptors (Lipinski definition) is 2. The molecule has 24 heavy (non-hydrogen) atoms. The maximum Gasteiger partial charge on any atom is 0.191 e. The Labute approximate surface area is 146 Å². The van der Waals surface area contributed by atoms with Crippen molar-refractivity contribution in [1.82, 2.24) is 15.2 Å². The van der Waals surface area contributed by atoms with Crippen molar-refractivity contribution in [2.45, 2.75) is 19.2 Å². The molecule has 1 heterocycles. The Bertz CT molecular complexity index is 626. The summed E-state index contributed by atoms with van der Waals surface area (Å²) in [5.41, 5.74) is 1.11. The standard InChI is InChI=1S/C18H26N4OS/c1-2-19-18(20-10-14-22-12-6-7-13-22)21-11-15-24(23)16-17-8-4-3-5-9-17/h3-9,12-13H,2,10-11,14-16H2,1H3,(H2,19,20,21). The van der Waals surface area contributed by atoms with E-state index in [0.29, 0.717) is 18.1 Å². The largest absolute Gasteiger partial charge is 0.357 e. The highest BCUT2D eigenvalue weighted by Gasteiger charge is 2.02. The van der Waals surface area contributed by atoms with Gasteiger partial charge in [0.05, 0.1) is 6.54 Å². The molecule has 0 saturated heterocycles. The van der Waals surface area contributed by atoms with E-state index in [4.69, 9.17) is 0 Å². The molecule has 0 saturated carbocycles. The second-order valence-electron chi connectivity index (χ2n) is 5.38. The molecule has 130 valence electrons. The van der Waals surface area contributed by atoms with Crippen molar-refractivity contribution in [3.8, 4) is 0 Å². The monoisotopic (exact) mass is 346 g/mol. The van der Waals surface area contributed by atoms with Gasteiger partial charge >= 0.3 is 0 Å². The van der Waals surface area contributed by atoms with Gasteiger partial charge in [0.25, 0.3) is 0 Å². The lowest BCUT2D eigenvalue weighted by atomic mass is 10.2. The van der Waals surface area contributed by atoms with Crippen molar-refractivity contribution in [3.63, 3.8) is 0 Å². The van der Waals surface area contributed by atoms with Crippen LogP contribution in [0, 0.1) is 0 Å². The molecule has 2 rings (SSSR count). The average molecular weight is 347 g/mol. The summed E-state index contributed by atoms with van der Waals surface area (Å²) in [7, 11) is -0.888. The molecule has 6 heteroatoms. The second-order valence-corrected chi connectivity index (χ2v) is 6.96. The summed E-state index contributed by atoms with van der Waals surface area (Å²) in [6, 6.07) is 14.0. The minimum atomic E-state index is -0.888. The van der Waals surface area contributed by atoms with Gasteiger partial charge in [0, 0.05) is 54.3 Å². The topological polar surface area (TPSA) is 58.4 Å². The van der Waals surface area contributed by atoms with E-state index in [-0.39, 0.29) is 0 Å². The lowest BCUT2D eigenvalue weighted by molar-refractivity contribution is 0.666. The zero-order valence-corrected chi connectivity index (χ0v) is 15.0. The van der Waals surface area contributed by atoms with Crippen LogP contribution in [-0.4, -0.2) is 40.1 Å². The first-order valence-electron chi connectivity index (χ1n) is 8.29. The molecular weight excluding hydrogens is 320 g/mol. The number of guanidine groups is 1. The molecule has 1 aromatic heterocycles. The fourth-order valence-corrected chi connectivity index (χ4v) is 3.26. The zero-order chi connectivity index (χ0) is 17.0. The second kappa shape index (κ2) is 10.6. The van der Waals surface area contributed by atoms with Crippen LogP contribution in [0.25, 0.3) is 0 Å². The van der Waals surface area contributed by atoms with Gasteiger partial charge in [-0.15, -0.1) is 0 Å². The van der Waals surface area contributed by atoms with E-state index in [1.807, 2.05) is 61.8 Å². The lowest BCUT2D eigenvalue weighted by Crippen LogP contribution is -2.39. The van der Waals surface area contributed by atoms with Gasteiger partial charge in [0.15, 0.2) is 5.96 Å². The molecule has 0 amide bonds. The van der Waals surface area contributed by atoms with Crippen LogP contribution >= 0.6 is 0 Å². The molecule has 0 fully saturated rings. The summed E-state index contributed by atoms with van der Waals surface area (Å²) in [6.45, 7) is 5.09. The quantitative estimate of drug-likeness (QED) is 0.539. The van der Waals surface area contributed by atoms with Gasteiger partial charge in [-0.3, -0.25) is 9.20 Å². The molecule has 0 aliphatic rings. The number of benzene rings is 1. The summed E-state index contributed by atoms with van der Waals surface area (Å²) in [6.07, 6.45) is 4.08. The predicted octanol–water partition coefficient (Wildman–Crippen LogP) is 1.99. The number of hydrogen-bond donors (Lipinski definition) is 2. The van der Waals surface area contributed by atoms with Crippen molar-refractivity contribution >= 4 is 16.8 Å². The van der Waals surface area contributed by atoms with Crippen LogP contribution in [0.4, 0.5) is 0 Å². The number of aromatic nitrogens is 1. The Morgan fingerprint density at radius 2 is 1.88 bits per heavy atom. The van der Waals surface area contributed by atoms with Crippen molar-refractivity contribution in [3.05, 3.63) is 60.4 Å². The average Bonchev–Trinajstić information content (AvgIpc) is 3.09. The molecule has 0 spiro atoms. The van der Waals surface area contributed by atoms with Gasteiger partial charge in [-0.2, -0.15) is 0 Å². The first-order valence-corrected chi connectivity index (χ1v) is 9.78. The van der Waals surface area contributed by atoms with Crippen LogP contribution in [-0.2, 0) is 23.1 Å². The molecule has 1 aromatic carbocycles. The number of rotatable bonds is 9. The highest BCUT2D eigenvalue weighted by Crippen LogP contribution is 2.02. The van der Waals surface area contributed by atoms with Gasteiger partial charge in [-0.05, 0) is 24.6 Å². The van der Waals surface area contributed by atoms with E-state index >= 15 is 0 Å². The van der Waals surface area contributed by atoms with Crippen LogP contribution in [0.5, 0.6) is 0 Å². The van der Waals surface area contributed by atoms with E-state index in [0.717, 1.165) is 31.2 Å². The molecule has 2 aromatic rings. The molecule has 0 aliphatic heterocycles. The summed E-state index contributed by atoms with van der Waals surface area (Å²) >= 11 is 0. The molecule has 1 unspecified atom stereocenters. The Kier molecular flexibility index (Phi) is 8.10. The minimum absolute atomic E-state index is 0.554. The number of nitrogens with one attached hydrogen (secondary N) is 2. The van der Waals surface area contributed by atoms with Crippen LogP contribution in [0.15, 0.2) is 59.9 Å². The molecule has 2 N–H and O–H groups in total. The summed E-state index contributed by atoms with van der Waals surface area (Å²) in [5.74, 6) is 1.94. The van der Waals surface area contributed by atoms with E-state index < -0.39 is 10.8 Å². The fourth-order valence-electron chi connectivity index (χ4n) is 2.26. The SMILES string of the molecule is CCNC(=NCCS(=O)Cc1ccccc1)NCCn1cccc1. The minimum Gasteiger partial charge on any atom is -0.357 e. The molecule has 0 radical (unpaired) electrons. The van der Waals surface area contributed by atoms with Gasteiger partial charge < -0.3 is 15.2 Å². The van der Waals surface area contributed by atoms with Gasteiger partial charge in [-0.25, -0.2) is 0 Å². The third-order valence-electron chi connectivity index (χ3n) is 3.43. The van der Waals surface area contributed by atoms with E-state index in [9.17, 15) is 4.21 Å². The highest BCUT2D eigenvalue weighted by atomic mass is 32.2. The first-order chi connectivity index (χ1) is 11.8. The van der Waals surface area contributed by atoms with E-state index in [1.54, 1.807) is 0 Å². The van der Waals surface area contributed by atoms with Crippen LogP contribution in [0.2, 0.25) is 0 Å². The lowest BCUT2D eigenvalue weighted by Gasteiger charge is -2.11. The third-order valence-corrected chi connectivity index (χ3v) is 4.73. The summed E-state index contributed by atoms with van der Waals surface area (Å²) in [4.78, 5) is 4.51. The van der Waals surface area contributed by atoms with Crippen molar-refractivity contribution in [2.24, 2.45) is 4.99 Å². The van der Waals surface area contributed by atoms with Crippen LogP contribution in [0.1, 0.15) is 12.5 Å². The van der Waals surface area contributed by atoms with Crippen molar-refractivity contribution in [1.29, 1.82) is 0 Å². The first kappa shape index (κ1) is 18.3.